The summed E-state index contributed by atoms with van der Waals surface area (Å²) in [5, 5.41) is 3.51. The summed E-state index contributed by atoms with van der Waals surface area (Å²) in [7, 11) is 0. The van der Waals surface area contributed by atoms with Crippen molar-refractivity contribution in [1.82, 2.24) is 10.2 Å². The molecule has 6 aliphatic rings. The molecule has 6 aliphatic heterocycles. The maximum atomic E-state index is 13.1. The number of piperazine rings is 2. The molecule has 0 radical (unpaired) electrons. The monoisotopic (exact) mass is 502 g/mol. The quantitative estimate of drug-likeness (QED) is 0.513. The fourth-order valence-corrected chi connectivity index (χ4v) is 6.53. The lowest BCUT2D eigenvalue weighted by Gasteiger charge is -2.52. The summed E-state index contributed by atoms with van der Waals surface area (Å²) >= 11 is 0. The van der Waals surface area contributed by atoms with Gasteiger partial charge in [-0.3, -0.25) is 4.90 Å². The van der Waals surface area contributed by atoms with Crippen LogP contribution in [0.5, 0.6) is 0 Å². The normalized spacial score (nSPS) is 26.6. The average Bonchev–Trinajstić information content (AvgIpc) is 2.96. The largest absolute Gasteiger partial charge is 0.366 e. The van der Waals surface area contributed by atoms with E-state index < -0.39 is 0 Å². The van der Waals surface area contributed by atoms with Crippen LogP contribution in [-0.4, -0.2) is 55.2 Å². The van der Waals surface area contributed by atoms with Gasteiger partial charge >= 0.3 is 0 Å². The first-order chi connectivity index (χ1) is 18.1. The maximum Gasteiger partial charge on any atom is 0.123 e. The zero-order chi connectivity index (χ0) is 25.2. The lowest BCUT2D eigenvalue weighted by atomic mass is 9.90. The van der Waals surface area contributed by atoms with Crippen LogP contribution in [0.4, 0.5) is 20.2 Å². The van der Waals surface area contributed by atoms with Crippen LogP contribution in [-0.2, 0) is 6.54 Å². The summed E-state index contributed by atoms with van der Waals surface area (Å²) in [6, 6.07) is 26.9. The van der Waals surface area contributed by atoms with Crippen LogP contribution in [0.2, 0.25) is 0 Å². The molecule has 4 bridgehead atoms. The van der Waals surface area contributed by atoms with Gasteiger partial charge in [-0.25, -0.2) is 8.78 Å². The van der Waals surface area contributed by atoms with Gasteiger partial charge in [0.05, 0.1) is 0 Å². The van der Waals surface area contributed by atoms with Crippen molar-refractivity contribution in [3.8, 4) is 0 Å². The number of anilines is 2. The summed E-state index contributed by atoms with van der Waals surface area (Å²) in [5.74, 6) is -0.310. The Morgan fingerprint density at radius 2 is 1.22 bits per heavy atom. The van der Waals surface area contributed by atoms with E-state index in [-0.39, 0.29) is 11.6 Å². The first kappa shape index (κ1) is 24.4. The molecular weight excluding hydrogens is 466 g/mol. The van der Waals surface area contributed by atoms with Crippen molar-refractivity contribution in [2.45, 2.75) is 56.4 Å². The van der Waals surface area contributed by atoms with E-state index in [1.165, 1.54) is 31.2 Å². The van der Waals surface area contributed by atoms with Crippen LogP contribution in [0.1, 0.15) is 31.2 Å². The molecule has 4 atom stereocenters. The van der Waals surface area contributed by atoms with E-state index in [4.69, 9.17) is 0 Å². The second-order valence-electron chi connectivity index (χ2n) is 10.9. The number of halogens is 2. The number of nitrogens with zero attached hydrogens (tertiary/aromatic N) is 3. The Kier molecular flexibility index (Phi) is 7.12. The number of nitrogens with one attached hydrogen (secondary N) is 1. The zero-order valence-electron chi connectivity index (χ0n) is 21.3. The number of piperidine rings is 4. The molecule has 6 saturated heterocycles. The summed E-state index contributed by atoms with van der Waals surface area (Å²) in [6.45, 7) is 5.34. The van der Waals surface area contributed by atoms with E-state index >= 15 is 0 Å². The number of benzene rings is 3. The molecule has 6 heteroatoms. The van der Waals surface area contributed by atoms with Gasteiger partial charge in [0.1, 0.15) is 11.6 Å². The summed E-state index contributed by atoms with van der Waals surface area (Å²) in [5.41, 5.74) is 3.71. The third-order valence-electron chi connectivity index (χ3n) is 8.54. The summed E-state index contributed by atoms with van der Waals surface area (Å²) in [4.78, 5) is 7.49. The molecule has 194 valence electrons. The minimum Gasteiger partial charge on any atom is -0.366 e. The molecule has 6 heterocycles. The smallest absolute Gasteiger partial charge is 0.123 e. The van der Waals surface area contributed by atoms with E-state index in [0.717, 1.165) is 44.1 Å². The second kappa shape index (κ2) is 10.8. The summed E-state index contributed by atoms with van der Waals surface area (Å²) in [6.07, 6.45) is 5.06. The molecule has 0 aromatic heterocycles. The van der Waals surface area contributed by atoms with Crippen LogP contribution in [0.3, 0.4) is 0 Å². The Morgan fingerprint density at radius 3 is 1.73 bits per heavy atom. The highest BCUT2D eigenvalue weighted by atomic mass is 19.1. The lowest BCUT2D eigenvalue weighted by Crippen LogP contribution is -2.62. The van der Waals surface area contributed by atoms with E-state index in [2.05, 4.69) is 50.3 Å². The Labute approximate surface area is 218 Å². The highest BCUT2D eigenvalue weighted by Crippen LogP contribution is 2.33. The Bertz CT molecular complexity index is 1150. The summed E-state index contributed by atoms with van der Waals surface area (Å²) < 4.78 is 25.9. The third kappa shape index (κ3) is 5.51. The molecule has 0 saturated carbocycles. The number of hydrogen-bond donors (Lipinski definition) is 1. The van der Waals surface area contributed by atoms with Gasteiger partial charge in [-0.15, -0.1) is 0 Å². The van der Waals surface area contributed by atoms with Crippen LogP contribution >= 0.6 is 0 Å². The molecule has 3 aromatic carbocycles. The molecule has 0 aliphatic carbocycles. The minimum atomic E-state index is -0.156. The molecular formula is C31H36F2N4. The predicted molar refractivity (Wildman–Crippen MR) is 146 cm³/mol. The Hall–Kier alpha value is -2.96. The van der Waals surface area contributed by atoms with Crippen molar-refractivity contribution >= 4 is 11.4 Å². The van der Waals surface area contributed by atoms with E-state index in [0.29, 0.717) is 24.2 Å². The highest BCUT2D eigenvalue weighted by molar-refractivity contribution is 5.50. The fraction of sp³-hybridized carbons (Fsp3) is 0.419. The van der Waals surface area contributed by atoms with Crippen molar-refractivity contribution in [3.05, 3.63) is 96.1 Å². The number of fused-ring (bicyclic) bond motifs is 6. The number of hydrogen-bond acceptors (Lipinski definition) is 4. The first-order valence-corrected chi connectivity index (χ1v) is 13.7. The highest BCUT2D eigenvalue weighted by Gasteiger charge is 2.38. The molecule has 6 fully saturated rings. The second-order valence-corrected chi connectivity index (χ2v) is 10.9. The molecule has 3 aromatic rings. The van der Waals surface area contributed by atoms with E-state index in [1.807, 2.05) is 24.3 Å². The van der Waals surface area contributed by atoms with Gasteiger partial charge in [0, 0.05) is 68.3 Å². The minimum absolute atomic E-state index is 0.154. The molecule has 4 nitrogen and oxygen atoms in total. The van der Waals surface area contributed by atoms with Gasteiger partial charge in [0.2, 0.25) is 0 Å². The molecule has 37 heavy (non-hydrogen) atoms. The molecule has 0 amide bonds. The molecule has 9 rings (SSSR count). The van der Waals surface area contributed by atoms with Crippen LogP contribution in [0.15, 0.2) is 78.9 Å². The predicted octanol–water partition coefficient (Wildman–Crippen LogP) is 5.45. The molecule has 4 unspecified atom stereocenters. The Morgan fingerprint density at radius 1 is 0.622 bits per heavy atom. The molecule has 1 N–H and O–H groups in total. The van der Waals surface area contributed by atoms with Gasteiger partial charge in [-0.1, -0.05) is 30.3 Å². The van der Waals surface area contributed by atoms with E-state index in [9.17, 15) is 8.78 Å². The zero-order valence-corrected chi connectivity index (χ0v) is 21.3. The topological polar surface area (TPSA) is 21.8 Å². The van der Waals surface area contributed by atoms with Gasteiger partial charge < -0.3 is 15.1 Å². The fourth-order valence-electron chi connectivity index (χ4n) is 6.53. The van der Waals surface area contributed by atoms with Crippen molar-refractivity contribution in [1.29, 1.82) is 0 Å². The standard InChI is InChI=1S/C19H21FN2.C12H15FN2/c20-16-6-8-17(9-7-16)22-14-18-10-11-19(22)13-21(18)12-15-4-2-1-3-5-15;13-9-1-4-11(5-2-9)15-8-10-3-6-12(15)7-14-10/h1-9,18-19H,10-14H2;1-2,4-5,10,12,14H,3,6-8H2. The number of rotatable bonds is 4. The van der Waals surface area contributed by atoms with Gasteiger partial charge in [-0.05, 0) is 79.8 Å². The van der Waals surface area contributed by atoms with Gasteiger partial charge in [-0.2, -0.15) is 0 Å². The first-order valence-electron chi connectivity index (χ1n) is 13.7. The van der Waals surface area contributed by atoms with Crippen molar-refractivity contribution in [2.24, 2.45) is 0 Å². The lowest BCUT2D eigenvalue weighted by molar-refractivity contribution is 0.0890. The van der Waals surface area contributed by atoms with Crippen molar-refractivity contribution in [2.75, 3.05) is 36.0 Å². The third-order valence-corrected chi connectivity index (χ3v) is 8.54. The van der Waals surface area contributed by atoms with Crippen molar-refractivity contribution < 1.29 is 8.78 Å². The van der Waals surface area contributed by atoms with Crippen LogP contribution in [0, 0.1) is 11.6 Å². The van der Waals surface area contributed by atoms with Crippen molar-refractivity contribution in [3.63, 3.8) is 0 Å². The average molecular weight is 503 g/mol. The van der Waals surface area contributed by atoms with Gasteiger partial charge in [0.25, 0.3) is 0 Å². The van der Waals surface area contributed by atoms with Crippen LogP contribution in [0.25, 0.3) is 0 Å². The van der Waals surface area contributed by atoms with Gasteiger partial charge in [0.15, 0.2) is 0 Å². The van der Waals surface area contributed by atoms with E-state index in [1.54, 1.807) is 24.3 Å². The Balaban J connectivity index is 0.000000146. The van der Waals surface area contributed by atoms with Crippen LogP contribution < -0.4 is 15.1 Å². The maximum absolute atomic E-state index is 13.1. The molecule has 0 spiro atoms. The SMILES string of the molecule is Fc1ccc(N2CC3CCC2CN3)cc1.Fc1ccc(N2CC3CCC2CN3Cc2ccccc2)cc1.